The van der Waals surface area contributed by atoms with Crippen molar-refractivity contribution in [2.75, 3.05) is 18.8 Å². The third kappa shape index (κ3) is 14.8. The summed E-state index contributed by atoms with van der Waals surface area (Å²) in [7, 11) is 0. The Balaban J connectivity index is 1.91. The summed E-state index contributed by atoms with van der Waals surface area (Å²) in [5.74, 6) is -6.81. The van der Waals surface area contributed by atoms with E-state index in [1.807, 2.05) is 0 Å². The maximum Gasteiger partial charge on any atom is 0.327 e. The number of amides is 6. The summed E-state index contributed by atoms with van der Waals surface area (Å²) in [5, 5.41) is 42.3. The van der Waals surface area contributed by atoms with E-state index in [1.165, 1.54) is 31.3 Å². The van der Waals surface area contributed by atoms with Crippen LogP contribution in [0.25, 0.3) is 0 Å². The minimum Gasteiger partial charge on any atom is -0.480 e. The second-order valence-corrected chi connectivity index (χ2v) is 14.7. The van der Waals surface area contributed by atoms with Gasteiger partial charge in [0.05, 0.1) is 18.5 Å². The second kappa shape index (κ2) is 23.7. The van der Waals surface area contributed by atoms with Gasteiger partial charge in [-0.2, -0.15) is 12.6 Å². The van der Waals surface area contributed by atoms with Crippen molar-refractivity contribution in [2.45, 2.75) is 107 Å². The number of carbonyl (C=O) groups excluding carboxylic acids is 6. The molecule has 22 nitrogen and oxygen atoms in total. The van der Waals surface area contributed by atoms with Gasteiger partial charge >= 0.3 is 5.97 Å². The number of thiol groups is 1. The zero-order valence-corrected chi connectivity index (χ0v) is 34.2. The van der Waals surface area contributed by atoms with E-state index in [-0.39, 0.29) is 56.9 Å². The van der Waals surface area contributed by atoms with Gasteiger partial charge in [-0.15, -0.1) is 0 Å². The second-order valence-electron chi connectivity index (χ2n) is 14.4. The molecule has 1 aromatic carbocycles. The molecule has 1 aliphatic rings. The van der Waals surface area contributed by atoms with E-state index in [9.17, 15) is 48.9 Å². The van der Waals surface area contributed by atoms with Crippen molar-refractivity contribution < 1.29 is 48.9 Å². The summed E-state index contributed by atoms with van der Waals surface area (Å²) >= 11 is 3.92. The van der Waals surface area contributed by atoms with Gasteiger partial charge in [0.15, 0.2) is 5.96 Å². The number of nitrogens with one attached hydrogen (secondary N) is 6. The first-order chi connectivity index (χ1) is 28.4. The van der Waals surface area contributed by atoms with Crippen LogP contribution >= 0.6 is 12.6 Å². The minimum atomic E-state index is -1.66. The molecule has 6 amide bonds. The molecule has 1 aliphatic heterocycles. The molecule has 2 heterocycles. The zero-order valence-electron chi connectivity index (χ0n) is 33.3. The molecular formula is C37H56N12O10S. The van der Waals surface area contributed by atoms with Crippen LogP contribution in [0.2, 0.25) is 0 Å². The predicted octanol–water partition coefficient (Wildman–Crippen LogP) is -4.23. The fourth-order valence-corrected chi connectivity index (χ4v) is 6.52. The van der Waals surface area contributed by atoms with Crippen LogP contribution in [0.1, 0.15) is 50.8 Å². The van der Waals surface area contributed by atoms with Crippen LogP contribution in [0.15, 0.2) is 47.8 Å². The number of guanidine groups is 1. The molecule has 15 N–H and O–H groups in total. The average molecular weight is 861 g/mol. The molecule has 0 bridgehead atoms. The number of likely N-dealkylation sites (tertiary alicyclic amines) is 1. The molecule has 9 atom stereocenters. The molecule has 0 unspecified atom stereocenters. The number of aromatic nitrogens is 2. The molecule has 330 valence electrons. The molecule has 1 fully saturated rings. The van der Waals surface area contributed by atoms with Crippen LogP contribution in [0.3, 0.4) is 0 Å². The lowest BCUT2D eigenvalue weighted by Gasteiger charge is -2.30. The van der Waals surface area contributed by atoms with Gasteiger partial charge < -0.3 is 69.0 Å². The summed E-state index contributed by atoms with van der Waals surface area (Å²) in [6.07, 6.45) is 0.615. The standard InChI is InChI=1S/C37H56N12O10S/c1-19(50)28(38)35(57)49-13-7-11-27(49)33(55)46-24(14-21-8-4-3-5-9-21)31(53)44-23(10-6-12-42-37(39)40)30(52)45-25(15-22-16-41-18-43-22)32(54)48-29(20(2)51)34(56)47-26(17-60)36(58)59/h3-5,8-9,16,18-20,23-29,50-51,60H,6-7,10-15,17,38H2,1-2H3,(H,41,43)(H,44,53)(H,45,52)(H,46,55)(H,47,56)(H,48,54)(H,58,59)(H4,39,40,42)/t19-,20-,23+,24+,25+,26+,27+,28+,29+/m1/s1. The molecule has 1 saturated heterocycles. The average Bonchev–Trinajstić information content (AvgIpc) is 3.92. The van der Waals surface area contributed by atoms with E-state index in [0.717, 1.165) is 0 Å². The fraction of sp³-hybridized carbons (Fsp3) is 0.541. The third-order valence-corrected chi connectivity index (χ3v) is 9.97. The number of nitrogens with zero attached hydrogens (tertiary/aromatic N) is 3. The smallest absolute Gasteiger partial charge is 0.327 e. The Kier molecular flexibility index (Phi) is 19.2. The van der Waals surface area contributed by atoms with Crippen molar-refractivity contribution in [3.8, 4) is 0 Å². The van der Waals surface area contributed by atoms with E-state index < -0.39 is 95.9 Å². The summed E-state index contributed by atoms with van der Waals surface area (Å²) in [5.41, 5.74) is 17.9. The molecule has 0 spiro atoms. The van der Waals surface area contributed by atoms with E-state index in [0.29, 0.717) is 17.7 Å². The summed E-state index contributed by atoms with van der Waals surface area (Å²) in [6, 6.07) is -0.747. The summed E-state index contributed by atoms with van der Waals surface area (Å²) in [6.45, 7) is 2.82. The van der Waals surface area contributed by atoms with Crippen LogP contribution in [0.4, 0.5) is 0 Å². The van der Waals surface area contributed by atoms with E-state index in [2.05, 4.69) is 54.2 Å². The maximum absolute atomic E-state index is 14.2. The van der Waals surface area contributed by atoms with E-state index in [4.69, 9.17) is 17.2 Å². The number of benzene rings is 1. The number of nitrogens with two attached hydrogens (primary N) is 3. The molecule has 60 heavy (non-hydrogen) atoms. The van der Waals surface area contributed by atoms with Gasteiger partial charge in [-0.05, 0) is 45.1 Å². The van der Waals surface area contributed by atoms with Crippen LogP contribution in [0, 0.1) is 0 Å². The predicted molar refractivity (Wildman–Crippen MR) is 220 cm³/mol. The van der Waals surface area contributed by atoms with Gasteiger partial charge in [-0.1, -0.05) is 30.3 Å². The lowest BCUT2D eigenvalue weighted by molar-refractivity contribution is -0.142. The third-order valence-electron chi connectivity index (χ3n) is 9.61. The van der Waals surface area contributed by atoms with Crippen molar-refractivity contribution in [1.29, 1.82) is 0 Å². The Bertz CT molecular complexity index is 1800. The molecule has 0 aliphatic carbocycles. The van der Waals surface area contributed by atoms with E-state index in [1.54, 1.807) is 30.3 Å². The number of rotatable bonds is 23. The van der Waals surface area contributed by atoms with Gasteiger partial charge in [0.2, 0.25) is 35.4 Å². The molecule has 23 heteroatoms. The molecule has 3 rings (SSSR count). The highest BCUT2D eigenvalue weighted by Gasteiger charge is 2.39. The van der Waals surface area contributed by atoms with Crippen LogP contribution < -0.4 is 43.8 Å². The van der Waals surface area contributed by atoms with Crippen molar-refractivity contribution in [3.05, 3.63) is 54.1 Å². The van der Waals surface area contributed by atoms with Gasteiger partial charge in [0.1, 0.15) is 42.3 Å². The number of carboxylic acids is 1. The largest absolute Gasteiger partial charge is 0.480 e. The Morgan fingerprint density at radius 3 is 2.08 bits per heavy atom. The van der Waals surface area contributed by atoms with Crippen molar-refractivity contribution in [3.63, 3.8) is 0 Å². The first-order valence-electron chi connectivity index (χ1n) is 19.3. The Morgan fingerprint density at radius 1 is 0.883 bits per heavy atom. The Hall–Kier alpha value is -5.78. The lowest BCUT2D eigenvalue weighted by Crippen LogP contribution is -2.61. The number of hydrogen-bond acceptors (Lipinski definition) is 13. The number of carbonyl (C=O) groups is 7. The normalized spacial score (nSPS) is 17.6. The Morgan fingerprint density at radius 2 is 1.50 bits per heavy atom. The van der Waals surface area contributed by atoms with Crippen LogP contribution in [0.5, 0.6) is 0 Å². The Labute approximate surface area is 351 Å². The maximum atomic E-state index is 14.2. The fourth-order valence-electron chi connectivity index (χ4n) is 6.28. The monoisotopic (exact) mass is 860 g/mol. The zero-order chi connectivity index (χ0) is 44.5. The molecular weight excluding hydrogens is 805 g/mol. The minimum absolute atomic E-state index is 0.0296. The van der Waals surface area contributed by atoms with Crippen molar-refractivity contribution in [1.82, 2.24) is 41.5 Å². The number of aliphatic hydroxyl groups is 2. The van der Waals surface area contributed by atoms with Crippen LogP contribution in [-0.4, -0.2) is 151 Å². The quantitative estimate of drug-likeness (QED) is 0.0218. The molecule has 0 radical (unpaired) electrons. The highest BCUT2D eigenvalue weighted by atomic mass is 32.1. The van der Waals surface area contributed by atoms with Crippen molar-refractivity contribution >= 4 is 60.0 Å². The first-order valence-corrected chi connectivity index (χ1v) is 19.9. The number of aliphatic imine (C=N–C) groups is 1. The number of hydrogen-bond donors (Lipinski definition) is 13. The SMILES string of the molecule is C[C@@H](O)[C@H](N)C(=O)N1CCC[C@H]1C(=O)N[C@@H](Cc1ccccc1)C(=O)N[C@@H](CCCN=C(N)N)C(=O)N[C@@H](Cc1cnc[nH]1)C(=O)N[C@H](C(=O)N[C@@H](CS)C(=O)O)[C@@H](C)O. The van der Waals surface area contributed by atoms with Gasteiger partial charge in [-0.3, -0.25) is 33.8 Å². The topological polar surface area (TPSA) is 363 Å². The lowest BCUT2D eigenvalue weighted by atomic mass is 10.0. The molecule has 2 aromatic rings. The number of imidazole rings is 1. The van der Waals surface area contributed by atoms with Gasteiger partial charge in [0, 0.05) is 43.6 Å². The number of aromatic amines is 1. The number of aliphatic hydroxyl groups excluding tert-OH is 2. The summed E-state index contributed by atoms with van der Waals surface area (Å²) in [4.78, 5) is 105. The molecule has 0 saturated carbocycles. The number of aliphatic carboxylic acids is 1. The van der Waals surface area contributed by atoms with Gasteiger partial charge in [0.25, 0.3) is 0 Å². The van der Waals surface area contributed by atoms with Crippen molar-refractivity contribution in [2.24, 2.45) is 22.2 Å². The number of H-pyrrole nitrogens is 1. The highest BCUT2D eigenvalue weighted by molar-refractivity contribution is 7.80. The number of carboxylic acid groups (broad SMARTS) is 1. The van der Waals surface area contributed by atoms with E-state index >= 15 is 0 Å². The van der Waals surface area contributed by atoms with Gasteiger partial charge in [-0.25, -0.2) is 9.78 Å². The summed E-state index contributed by atoms with van der Waals surface area (Å²) < 4.78 is 0. The molecule has 1 aromatic heterocycles. The van der Waals surface area contributed by atoms with Crippen LogP contribution in [-0.2, 0) is 46.4 Å². The first kappa shape index (κ1) is 48.6. The highest BCUT2D eigenvalue weighted by Crippen LogP contribution is 2.20.